The SMILES string of the molecule is CN(C)c1cccc2c(S(=O)(=O)NCCN)cccc12.Nc1ccc2c(c1)C(=O)OC21c2ccc(O)cc2Oc2cc(O)ccc21. The highest BCUT2D eigenvalue weighted by molar-refractivity contribution is 7.89. The number of sulfonamides is 1. The fraction of sp³-hybridized carbons (Fsp3) is 0.147. The summed E-state index contributed by atoms with van der Waals surface area (Å²) in [6, 6.07) is 25.2. The molecule has 0 unspecified atom stereocenters. The molecule has 0 fully saturated rings. The van der Waals surface area contributed by atoms with Gasteiger partial charge in [-0.2, -0.15) is 0 Å². The zero-order valence-corrected chi connectivity index (χ0v) is 25.8. The average molecular weight is 641 g/mol. The van der Waals surface area contributed by atoms with E-state index in [1.54, 1.807) is 42.5 Å². The molecule has 0 bridgehead atoms. The number of nitrogens with two attached hydrogens (primary N) is 2. The van der Waals surface area contributed by atoms with E-state index >= 15 is 0 Å². The fourth-order valence-electron chi connectivity index (χ4n) is 5.88. The fourth-order valence-corrected chi connectivity index (χ4v) is 7.15. The van der Waals surface area contributed by atoms with Crippen LogP contribution in [0.5, 0.6) is 23.0 Å². The van der Waals surface area contributed by atoms with Crippen molar-refractivity contribution in [3.8, 4) is 23.0 Å². The second-order valence-electron chi connectivity index (χ2n) is 11.0. The van der Waals surface area contributed by atoms with Crippen molar-refractivity contribution in [2.45, 2.75) is 10.5 Å². The normalized spacial score (nSPS) is 13.9. The van der Waals surface area contributed by atoms with E-state index in [1.165, 1.54) is 24.3 Å². The van der Waals surface area contributed by atoms with Crippen molar-refractivity contribution in [3.63, 3.8) is 0 Å². The number of nitrogens with zero attached hydrogens (tertiary/aromatic N) is 1. The minimum Gasteiger partial charge on any atom is -0.508 e. The van der Waals surface area contributed by atoms with Gasteiger partial charge in [0, 0.05) is 78.2 Å². The number of phenolic OH excluding ortho intramolecular Hbond substituents is 2. The number of benzene rings is 5. The Morgan fingerprint density at radius 1 is 0.826 bits per heavy atom. The first kappa shape index (κ1) is 30.7. The summed E-state index contributed by atoms with van der Waals surface area (Å²) in [6.45, 7) is 0.499. The molecule has 1 spiro atoms. The first-order valence-electron chi connectivity index (χ1n) is 14.3. The summed E-state index contributed by atoms with van der Waals surface area (Å²) in [5.74, 6) is 0.238. The number of aromatic hydroxyl groups is 2. The van der Waals surface area contributed by atoms with Crippen LogP contribution in [-0.2, 0) is 20.4 Å². The number of carbonyl (C=O) groups is 1. The van der Waals surface area contributed by atoms with Gasteiger partial charge < -0.3 is 36.1 Å². The predicted molar refractivity (Wildman–Crippen MR) is 175 cm³/mol. The molecule has 46 heavy (non-hydrogen) atoms. The van der Waals surface area contributed by atoms with Crippen LogP contribution in [0.2, 0.25) is 0 Å². The molecule has 0 radical (unpaired) electrons. The van der Waals surface area contributed by atoms with Gasteiger partial charge >= 0.3 is 5.97 Å². The monoisotopic (exact) mass is 640 g/mol. The van der Waals surface area contributed by atoms with Gasteiger partial charge in [0.25, 0.3) is 0 Å². The van der Waals surface area contributed by atoms with E-state index in [4.69, 9.17) is 20.9 Å². The molecule has 12 heteroatoms. The second kappa shape index (κ2) is 11.6. The zero-order chi connectivity index (χ0) is 32.8. The number of hydrogen-bond donors (Lipinski definition) is 5. The molecule has 0 aromatic heterocycles. The molecule has 0 saturated heterocycles. The predicted octanol–water partition coefficient (Wildman–Crippen LogP) is 4.39. The van der Waals surface area contributed by atoms with Crippen LogP contribution in [0.1, 0.15) is 27.0 Å². The number of rotatable bonds is 5. The van der Waals surface area contributed by atoms with Crippen LogP contribution in [-0.4, -0.2) is 51.8 Å². The van der Waals surface area contributed by atoms with Crippen LogP contribution in [0, 0.1) is 0 Å². The molecule has 0 saturated carbocycles. The zero-order valence-electron chi connectivity index (χ0n) is 25.0. The van der Waals surface area contributed by atoms with E-state index in [0.29, 0.717) is 44.8 Å². The number of nitrogen functional groups attached to an aromatic ring is 1. The Labute approximate surface area is 265 Å². The number of hydrogen-bond acceptors (Lipinski definition) is 10. The van der Waals surface area contributed by atoms with Crippen molar-refractivity contribution in [2.75, 3.05) is 37.8 Å². The molecule has 7 rings (SSSR count). The molecule has 11 nitrogen and oxygen atoms in total. The Balaban J connectivity index is 0.000000168. The minimum absolute atomic E-state index is 0.0179. The average Bonchev–Trinajstić information content (AvgIpc) is 3.30. The molecule has 0 atom stereocenters. The maximum atomic E-state index is 12.6. The Bertz CT molecular complexity index is 2060. The van der Waals surface area contributed by atoms with Gasteiger partial charge in [-0.05, 0) is 48.5 Å². The number of nitrogens with one attached hydrogen (secondary N) is 1. The lowest BCUT2D eigenvalue weighted by Crippen LogP contribution is -2.32. The van der Waals surface area contributed by atoms with Crippen LogP contribution in [0.15, 0.2) is 95.9 Å². The Kier molecular flexibility index (Phi) is 7.72. The van der Waals surface area contributed by atoms with E-state index in [1.807, 2.05) is 43.3 Å². The van der Waals surface area contributed by atoms with E-state index in [0.717, 1.165) is 11.1 Å². The standard InChI is InChI=1S/C20H13NO5.C14H19N3O2S/c21-10-1-4-14-13(7-10)19(24)26-20(14)15-5-2-11(22)8-17(15)25-18-9-12(23)3-6-16(18)20;1-17(2)13-7-3-6-12-11(13)5-4-8-14(12)20(18,19)16-10-9-15/h1-9,22-23H,21H2;3-8,16H,9-10,15H2,1-2H3. The highest BCUT2D eigenvalue weighted by Crippen LogP contribution is 2.57. The van der Waals surface area contributed by atoms with Gasteiger partial charge in [-0.3, -0.25) is 0 Å². The van der Waals surface area contributed by atoms with Crippen LogP contribution in [0.3, 0.4) is 0 Å². The van der Waals surface area contributed by atoms with Crippen molar-refractivity contribution in [1.29, 1.82) is 0 Å². The molecule has 0 amide bonds. The summed E-state index contributed by atoms with van der Waals surface area (Å²) in [4.78, 5) is 14.9. The van der Waals surface area contributed by atoms with Gasteiger partial charge in [0.1, 0.15) is 23.0 Å². The highest BCUT2D eigenvalue weighted by Gasteiger charge is 2.53. The molecule has 2 heterocycles. The maximum absolute atomic E-state index is 12.6. The van der Waals surface area contributed by atoms with E-state index in [2.05, 4.69) is 4.72 Å². The third kappa shape index (κ3) is 5.11. The number of esters is 1. The molecular weight excluding hydrogens is 608 g/mol. The van der Waals surface area contributed by atoms with Gasteiger partial charge in [-0.1, -0.05) is 30.3 Å². The quantitative estimate of drug-likeness (QED) is 0.137. The lowest BCUT2D eigenvalue weighted by Gasteiger charge is -2.36. The van der Waals surface area contributed by atoms with E-state index < -0.39 is 21.6 Å². The summed E-state index contributed by atoms with van der Waals surface area (Å²) in [7, 11) is 0.326. The molecule has 2 aliphatic heterocycles. The van der Waals surface area contributed by atoms with E-state index in [-0.39, 0.29) is 29.5 Å². The summed E-state index contributed by atoms with van der Waals surface area (Å²) in [5, 5.41) is 21.3. The first-order chi connectivity index (χ1) is 22.0. The molecular formula is C34H32N4O7S. The maximum Gasteiger partial charge on any atom is 0.340 e. The lowest BCUT2D eigenvalue weighted by molar-refractivity contribution is 0.0224. The van der Waals surface area contributed by atoms with Crippen LogP contribution in [0.25, 0.3) is 10.8 Å². The molecule has 2 aliphatic rings. The third-order valence-corrected chi connectivity index (χ3v) is 9.38. The van der Waals surface area contributed by atoms with Crippen molar-refractivity contribution < 1.29 is 32.9 Å². The van der Waals surface area contributed by atoms with Gasteiger partial charge in [-0.25, -0.2) is 17.9 Å². The summed E-state index contributed by atoms with van der Waals surface area (Å²) in [6.07, 6.45) is 0. The number of fused-ring (bicyclic) bond motifs is 7. The number of phenols is 2. The minimum atomic E-state index is -3.54. The van der Waals surface area contributed by atoms with Crippen molar-refractivity contribution in [1.82, 2.24) is 4.72 Å². The highest BCUT2D eigenvalue weighted by atomic mass is 32.2. The topological polar surface area (TPSA) is 177 Å². The van der Waals surface area contributed by atoms with E-state index in [9.17, 15) is 23.4 Å². The molecule has 5 aromatic rings. The van der Waals surface area contributed by atoms with Gasteiger partial charge in [0.05, 0.1) is 10.5 Å². The molecule has 236 valence electrons. The number of ether oxygens (including phenoxy) is 2. The first-order valence-corrected chi connectivity index (χ1v) is 15.8. The van der Waals surface area contributed by atoms with Gasteiger partial charge in [-0.15, -0.1) is 0 Å². The van der Waals surface area contributed by atoms with Crippen LogP contribution >= 0.6 is 0 Å². The number of carbonyl (C=O) groups excluding carboxylic acids is 1. The summed E-state index contributed by atoms with van der Waals surface area (Å²) in [5.41, 5.74) is 13.6. The molecule has 5 aromatic carbocycles. The Morgan fingerprint density at radius 2 is 1.43 bits per heavy atom. The Hall–Kier alpha value is -5.30. The second-order valence-corrected chi connectivity index (χ2v) is 12.8. The number of anilines is 2. The van der Waals surface area contributed by atoms with Crippen molar-refractivity contribution >= 4 is 38.1 Å². The van der Waals surface area contributed by atoms with Gasteiger partial charge in [0.15, 0.2) is 5.60 Å². The molecule has 0 aliphatic carbocycles. The van der Waals surface area contributed by atoms with Crippen molar-refractivity contribution in [3.05, 3.63) is 113 Å². The van der Waals surface area contributed by atoms with Gasteiger partial charge in [0.2, 0.25) is 10.0 Å². The summed E-state index contributed by atoms with van der Waals surface area (Å²) < 4.78 is 38.9. The lowest BCUT2D eigenvalue weighted by atomic mass is 9.77. The Morgan fingerprint density at radius 3 is 2.07 bits per heavy atom. The van der Waals surface area contributed by atoms with Crippen LogP contribution < -0.4 is 25.8 Å². The molecule has 7 N–H and O–H groups in total. The smallest absolute Gasteiger partial charge is 0.340 e. The third-order valence-electron chi connectivity index (χ3n) is 7.86. The largest absolute Gasteiger partial charge is 0.508 e. The van der Waals surface area contributed by atoms with Crippen molar-refractivity contribution in [2.24, 2.45) is 5.73 Å². The van der Waals surface area contributed by atoms with Crippen LogP contribution in [0.4, 0.5) is 11.4 Å². The summed E-state index contributed by atoms with van der Waals surface area (Å²) >= 11 is 0.